The van der Waals surface area contributed by atoms with Gasteiger partial charge in [0.05, 0.1) is 0 Å². The quantitative estimate of drug-likeness (QED) is 0.897. The van der Waals surface area contributed by atoms with Gasteiger partial charge in [-0.25, -0.2) is 0 Å². The van der Waals surface area contributed by atoms with Crippen molar-refractivity contribution in [3.8, 4) is 0 Å². The molecule has 2 atom stereocenters. The van der Waals surface area contributed by atoms with Crippen molar-refractivity contribution in [3.05, 3.63) is 5.89 Å². The fourth-order valence-corrected chi connectivity index (χ4v) is 3.67. The second-order valence-corrected chi connectivity index (χ2v) is 6.13. The smallest absolute Gasteiger partial charge is 0.315 e. The van der Waals surface area contributed by atoms with Crippen molar-refractivity contribution >= 4 is 6.01 Å². The van der Waals surface area contributed by atoms with Crippen LogP contribution in [0.1, 0.15) is 51.3 Å². The van der Waals surface area contributed by atoms with Crippen LogP contribution in [0.25, 0.3) is 0 Å². The van der Waals surface area contributed by atoms with Gasteiger partial charge in [0.1, 0.15) is 0 Å². The minimum Gasteiger partial charge on any atom is -0.408 e. The topological polar surface area (TPSA) is 54.2 Å². The van der Waals surface area contributed by atoms with Crippen molar-refractivity contribution in [2.24, 2.45) is 5.92 Å². The maximum atomic E-state index is 5.60. The summed E-state index contributed by atoms with van der Waals surface area (Å²) in [6.45, 7) is 5.68. The molecule has 2 aliphatic heterocycles. The lowest BCUT2D eigenvalue weighted by Crippen LogP contribution is -2.49. The Labute approximate surface area is 121 Å². The lowest BCUT2D eigenvalue weighted by molar-refractivity contribution is 0.0647. The Morgan fingerprint density at radius 1 is 1.20 bits per heavy atom. The molecule has 5 nitrogen and oxygen atoms in total. The SMILES string of the molecule is CCCc1nnc(NC[C@@H]2CCCN3CCCC[C@H]23)o1. The van der Waals surface area contributed by atoms with Crippen LogP contribution in [-0.2, 0) is 6.42 Å². The average molecular weight is 278 g/mol. The molecule has 2 saturated heterocycles. The van der Waals surface area contributed by atoms with E-state index >= 15 is 0 Å². The van der Waals surface area contributed by atoms with Crippen LogP contribution in [-0.4, -0.2) is 40.8 Å². The van der Waals surface area contributed by atoms with Crippen molar-refractivity contribution in [2.75, 3.05) is 25.0 Å². The van der Waals surface area contributed by atoms with E-state index in [0.717, 1.165) is 37.2 Å². The molecule has 5 heteroatoms. The molecule has 0 saturated carbocycles. The predicted molar refractivity (Wildman–Crippen MR) is 78.7 cm³/mol. The van der Waals surface area contributed by atoms with Crippen LogP contribution in [0.4, 0.5) is 6.01 Å². The number of piperidine rings is 2. The summed E-state index contributed by atoms with van der Waals surface area (Å²) in [6, 6.07) is 1.37. The molecular formula is C15H26N4O. The molecule has 3 rings (SSSR count). The number of hydrogen-bond acceptors (Lipinski definition) is 5. The molecule has 2 fully saturated rings. The zero-order valence-electron chi connectivity index (χ0n) is 12.5. The van der Waals surface area contributed by atoms with E-state index in [1.54, 1.807) is 0 Å². The van der Waals surface area contributed by atoms with E-state index in [-0.39, 0.29) is 0 Å². The molecule has 0 unspecified atom stereocenters. The normalized spacial score (nSPS) is 27.2. The van der Waals surface area contributed by atoms with Gasteiger partial charge in [0.2, 0.25) is 5.89 Å². The van der Waals surface area contributed by atoms with Gasteiger partial charge in [-0.3, -0.25) is 0 Å². The van der Waals surface area contributed by atoms with Crippen molar-refractivity contribution in [1.29, 1.82) is 0 Å². The summed E-state index contributed by atoms with van der Waals surface area (Å²) < 4.78 is 5.60. The number of hydrogen-bond donors (Lipinski definition) is 1. The van der Waals surface area contributed by atoms with Gasteiger partial charge in [0.25, 0.3) is 0 Å². The first-order valence-electron chi connectivity index (χ1n) is 8.17. The summed E-state index contributed by atoms with van der Waals surface area (Å²) in [5, 5.41) is 11.5. The van der Waals surface area contributed by atoms with Gasteiger partial charge in [-0.05, 0) is 51.1 Å². The van der Waals surface area contributed by atoms with Crippen LogP contribution in [0.2, 0.25) is 0 Å². The molecular weight excluding hydrogens is 252 g/mol. The van der Waals surface area contributed by atoms with Crippen LogP contribution in [0, 0.1) is 5.92 Å². The minimum absolute atomic E-state index is 0.599. The van der Waals surface area contributed by atoms with Gasteiger partial charge in [-0.1, -0.05) is 18.4 Å². The number of aryl methyl sites for hydroxylation is 1. The van der Waals surface area contributed by atoms with Gasteiger partial charge in [0.15, 0.2) is 0 Å². The van der Waals surface area contributed by atoms with Gasteiger partial charge in [-0.15, -0.1) is 5.10 Å². The molecule has 1 aromatic rings. The Balaban J connectivity index is 1.53. The van der Waals surface area contributed by atoms with Gasteiger partial charge in [0, 0.05) is 19.0 Å². The van der Waals surface area contributed by atoms with E-state index in [9.17, 15) is 0 Å². The third-order valence-corrected chi connectivity index (χ3v) is 4.67. The molecule has 0 bridgehead atoms. The Hall–Kier alpha value is -1.10. The zero-order valence-corrected chi connectivity index (χ0v) is 12.5. The number of aromatic nitrogens is 2. The molecule has 3 heterocycles. The van der Waals surface area contributed by atoms with E-state index in [4.69, 9.17) is 4.42 Å². The van der Waals surface area contributed by atoms with E-state index < -0.39 is 0 Å². The lowest BCUT2D eigenvalue weighted by Gasteiger charge is -2.44. The molecule has 0 spiro atoms. The highest BCUT2D eigenvalue weighted by atomic mass is 16.4. The van der Waals surface area contributed by atoms with Crippen molar-refractivity contribution in [2.45, 2.75) is 57.9 Å². The number of rotatable bonds is 5. The molecule has 112 valence electrons. The van der Waals surface area contributed by atoms with Crippen LogP contribution in [0.5, 0.6) is 0 Å². The Morgan fingerprint density at radius 3 is 3.00 bits per heavy atom. The minimum atomic E-state index is 0.599. The summed E-state index contributed by atoms with van der Waals surface area (Å²) in [7, 11) is 0. The van der Waals surface area contributed by atoms with Gasteiger partial charge < -0.3 is 14.6 Å². The molecule has 1 N–H and O–H groups in total. The molecule has 20 heavy (non-hydrogen) atoms. The number of anilines is 1. The van der Waals surface area contributed by atoms with Crippen LogP contribution in [0.3, 0.4) is 0 Å². The summed E-state index contributed by atoms with van der Waals surface area (Å²) in [4.78, 5) is 2.69. The van der Waals surface area contributed by atoms with Crippen molar-refractivity contribution < 1.29 is 4.42 Å². The third kappa shape index (κ3) is 3.14. The molecule has 0 aliphatic carbocycles. The predicted octanol–water partition coefficient (Wildman–Crippen LogP) is 2.70. The first-order chi connectivity index (χ1) is 9.86. The monoisotopic (exact) mass is 278 g/mol. The molecule has 2 aliphatic rings. The number of nitrogens with one attached hydrogen (secondary N) is 1. The van der Waals surface area contributed by atoms with E-state index in [2.05, 4.69) is 27.3 Å². The van der Waals surface area contributed by atoms with E-state index in [1.165, 1.54) is 45.2 Å². The molecule has 1 aromatic heterocycles. The lowest BCUT2D eigenvalue weighted by atomic mass is 9.83. The molecule has 0 aromatic carbocycles. The van der Waals surface area contributed by atoms with Crippen LogP contribution < -0.4 is 5.32 Å². The zero-order chi connectivity index (χ0) is 13.8. The van der Waals surface area contributed by atoms with E-state index in [0.29, 0.717) is 6.01 Å². The van der Waals surface area contributed by atoms with E-state index in [1.807, 2.05) is 0 Å². The second-order valence-electron chi connectivity index (χ2n) is 6.13. The Kier molecular flexibility index (Phi) is 4.55. The second kappa shape index (κ2) is 6.57. The Morgan fingerprint density at radius 2 is 2.10 bits per heavy atom. The summed E-state index contributed by atoms with van der Waals surface area (Å²) >= 11 is 0. The summed E-state index contributed by atoms with van der Waals surface area (Å²) in [5.41, 5.74) is 0. The first-order valence-corrected chi connectivity index (χ1v) is 8.17. The van der Waals surface area contributed by atoms with Crippen LogP contribution >= 0.6 is 0 Å². The molecule has 0 amide bonds. The third-order valence-electron chi connectivity index (χ3n) is 4.67. The maximum absolute atomic E-state index is 5.60. The number of fused-ring (bicyclic) bond motifs is 1. The largest absolute Gasteiger partial charge is 0.408 e. The highest BCUT2D eigenvalue weighted by Gasteiger charge is 2.32. The summed E-state index contributed by atoms with van der Waals surface area (Å²) in [6.07, 6.45) is 8.69. The first kappa shape index (κ1) is 13.9. The fraction of sp³-hybridized carbons (Fsp3) is 0.867. The standard InChI is InChI=1S/C15H26N4O/c1-2-6-14-17-18-15(20-14)16-11-12-7-5-10-19-9-4-3-8-13(12)19/h12-13H,2-11H2,1H3,(H,16,18)/t12-,13+/m0/s1. The van der Waals surface area contributed by atoms with Crippen molar-refractivity contribution in [3.63, 3.8) is 0 Å². The highest BCUT2D eigenvalue weighted by molar-refractivity contribution is 5.17. The highest BCUT2D eigenvalue weighted by Crippen LogP contribution is 2.30. The average Bonchev–Trinajstić information content (AvgIpc) is 2.93. The molecule has 0 radical (unpaired) electrons. The van der Waals surface area contributed by atoms with Crippen molar-refractivity contribution in [1.82, 2.24) is 15.1 Å². The van der Waals surface area contributed by atoms with Gasteiger partial charge in [-0.2, -0.15) is 0 Å². The van der Waals surface area contributed by atoms with Crippen LogP contribution in [0.15, 0.2) is 4.42 Å². The maximum Gasteiger partial charge on any atom is 0.315 e. The summed E-state index contributed by atoms with van der Waals surface area (Å²) in [5.74, 6) is 1.48. The van der Waals surface area contributed by atoms with Gasteiger partial charge >= 0.3 is 6.01 Å². The fourth-order valence-electron chi connectivity index (χ4n) is 3.67. The Bertz CT molecular complexity index is 418. The number of nitrogens with zero attached hydrogens (tertiary/aromatic N) is 3.